The van der Waals surface area contributed by atoms with E-state index in [4.69, 9.17) is 21.1 Å². The van der Waals surface area contributed by atoms with Crippen molar-refractivity contribution in [3.8, 4) is 22.8 Å². The van der Waals surface area contributed by atoms with Gasteiger partial charge < -0.3 is 9.47 Å². The largest absolute Gasteiger partial charge is 0.497 e. The lowest BCUT2D eigenvalue weighted by Gasteiger charge is -2.08. The van der Waals surface area contributed by atoms with Crippen molar-refractivity contribution in [2.24, 2.45) is 0 Å². The third kappa shape index (κ3) is 4.94. The average molecular weight is 446 g/mol. The summed E-state index contributed by atoms with van der Waals surface area (Å²) in [5, 5.41) is 15.8. The number of carbonyl (C=O) groups excluding carboxylic acids is 1. The van der Waals surface area contributed by atoms with Crippen LogP contribution in [-0.2, 0) is 4.79 Å². The number of aromatic nitrogens is 1. The number of nitro benzene ring substituents is 1. The molecule has 1 amide bonds. The molecule has 1 N–H and O–H groups in total. The summed E-state index contributed by atoms with van der Waals surface area (Å²) in [6.07, 6.45) is 2.72. The number of hydrogen-bond donors (Lipinski definition) is 1. The number of hydrogen-bond acceptors (Lipinski definition) is 7. The number of nitrogens with zero attached hydrogens (tertiary/aromatic N) is 2. The van der Waals surface area contributed by atoms with Crippen LogP contribution < -0.4 is 14.8 Å². The van der Waals surface area contributed by atoms with Gasteiger partial charge in [-0.2, -0.15) is 0 Å². The van der Waals surface area contributed by atoms with Gasteiger partial charge in [0.05, 0.1) is 24.8 Å². The number of halogens is 1. The lowest BCUT2D eigenvalue weighted by molar-refractivity contribution is -0.384. The van der Waals surface area contributed by atoms with Crippen LogP contribution in [0, 0.1) is 10.1 Å². The van der Waals surface area contributed by atoms with Crippen molar-refractivity contribution in [1.29, 1.82) is 0 Å². The van der Waals surface area contributed by atoms with E-state index in [9.17, 15) is 14.9 Å². The molecule has 3 aromatic rings. The number of anilines is 1. The van der Waals surface area contributed by atoms with Crippen molar-refractivity contribution in [1.82, 2.24) is 4.98 Å². The molecule has 0 fully saturated rings. The third-order valence-electron chi connectivity index (χ3n) is 4.01. The molecule has 3 rings (SSSR count). The van der Waals surface area contributed by atoms with Crippen LogP contribution in [0.4, 0.5) is 10.8 Å². The van der Waals surface area contributed by atoms with Gasteiger partial charge >= 0.3 is 0 Å². The molecule has 10 heteroatoms. The van der Waals surface area contributed by atoms with Crippen molar-refractivity contribution < 1.29 is 19.2 Å². The van der Waals surface area contributed by atoms with Crippen LogP contribution in [0.15, 0.2) is 47.9 Å². The second-order valence-corrected chi connectivity index (χ2v) is 7.16. The second-order valence-electron chi connectivity index (χ2n) is 5.89. The van der Waals surface area contributed by atoms with E-state index >= 15 is 0 Å². The third-order valence-corrected chi connectivity index (χ3v) is 5.09. The van der Waals surface area contributed by atoms with Crippen molar-refractivity contribution >= 4 is 45.7 Å². The highest BCUT2D eigenvalue weighted by molar-refractivity contribution is 7.14. The van der Waals surface area contributed by atoms with Gasteiger partial charge in [0.2, 0.25) is 5.91 Å². The molecule has 0 radical (unpaired) electrons. The Morgan fingerprint density at radius 3 is 2.73 bits per heavy atom. The molecule has 0 unspecified atom stereocenters. The van der Waals surface area contributed by atoms with Gasteiger partial charge in [0.15, 0.2) is 5.13 Å². The van der Waals surface area contributed by atoms with Gasteiger partial charge in [-0.1, -0.05) is 17.7 Å². The minimum absolute atomic E-state index is 0.0332. The van der Waals surface area contributed by atoms with Crippen molar-refractivity contribution in [2.45, 2.75) is 0 Å². The fourth-order valence-corrected chi connectivity index (χ4v) is 3.46. The highest BCUT2D eigenvalue weighted by atomic mass is 35.5. The minimum atomic E-state index is -0.579. The predicted octanol–water partition coefficient (Wildman–Crippen LogP) is 5.04. The molecule has 0 saturated heterocycles. The Kier molecular flexibility index (Phi) is 6.65. The molecule has 0 spiro atoms. The summed E-state index contributed by atoms with van der Waals surface area (Å²) in [4.78, 5) is 27.0. The molecule has 30 heavy (non-hydrogen) atoms. The van der Waals surface area contributed by atoms with Crippen molar-refractivity contribution in [2.75, 3.05) is 19.5 Å². The number of benzene rings is 2. The van der Waals surface area contributed by atoms with Crippen LogP contribution in [0.5, 0.6) is 11.5 Å². The van der Waals surface area contributed by atoms with Crippen LogP contribution in [0.1, 0.15) is 5.56 Å². The average Bonchev–Trinajstić information content (AvgIpc) is 3.20. The van der Waals surface area contributed by atoms with E-state index in [1.54, 1.807) is 37.8 Å². The second kappa shape index (κ2) is 9.38. The van der Waals surface area contributed by atoms with Gasteiger partial charge in [-0.05, 0) is 29.8 Å². The first-order valence-electron chi connectivity index (χ1n) is 8.52. The molecule has 0 saturated carbocycles. The number of nitro groups is 1. The normalized spacial score (nSPS) is 10.8. The fraction of sp³-hybridized carbons (Fsp3) is 0.100. The zero-order valence-corrected chi connectivity index (χ0v) is 17.5. The highest BCUT2D eigenvalue weighted by Crippen LogP contribution is 2.34. The van der Waals surface area contributed by atoms with Gasteiger partial charge in [-0.25, -0.2) is 4.98 Å². The summed E-state index contributed by atoms with van der Waals surface area (Å²) in [6, 6.07) is 9.66. The number of carbonyl (C=O) groups is 1. The number of methoxy groups -OCH3 is 2. The smallest absolute Gasteiger partial charge is 0.288 e. The van der Waals surface area contributed by atoms with Crippen molar-refractivity contribution in [3.63, 3.8) is 0 Å². The van der Waals surface area contributed by atoms with Gasteiger partial charge in [-0.3, -0.25) is 20.2 Å². The van der Waals surface area contributed by atoms with Crippen LogP contribution >= 0.6 is 22.9 Å². The van der Waals surface area contributed by atoms with Crippen LogP contribution in [0.2, 0.25) is 5.02 Å². The molecule has 1 aromatic heterocycles. The maximum Gasteiger partial charge on any atom is 0.288 e. The van der Waals surface area contributed by atoms with E-state index in [1.807, 2.05) is 6.07 Å². The van der Waals surface area contributed by atoms with Gasteiger partial charge in [0.1, 0.15) is 16.5 Å². The Morgan fingerprint density at radius 2 is 2.03 bits per heavy atom. The quantitative estimate of drug-likeness (QED) is 0.310. The topological polar surface area (TPSA) is 104 Å². The number of ether oxygens (including phenoxy) is 2. The summed E-state index contributed by atoms with van der Waals surface area (Å²) < 4.78 is 10.6. The molecule has 2 aromatic carbocycles. The Labute approximate surface area is 180 Å². The molecular weight excluding hydrogens is 430 g/mol. The SMILES string of the molecule is COc1ccc(-c2csc(NC(=O)/C=C/c3ccc(Cl)c([N+](=O)[O-])c3)n2)c(OC)c1. The van der Waals surface area contributed by atoms with Crippen LogP contribution in [0.3, 0.4) is 0 Å². The van der Waals surface area contributed by atoms with E-state index in [-0.39, 0.29) is 10.7 Å². The molecule has 0 aliphatic carbocycles. The predicted molar refractivity (Wildman–Crippen MR) is 116 cm³/mol. The summed E-state index contributed by atoms with van der Waals surface area (Å²) in [6.45, 7) is 0. The maximum absolute atomic E-state index is 12.2. The molecule has 0 atom stereocenters. The maximum atomic E-state index is 12.2. The Bertz CT molecular complexity index is 1130. The van der Waals surface area contributed by atoms with Gasteiger partial charge in [0, 0.05) is 29.2 Å². The molecular formula is C20H16ClN3O5S. The number of nitrogens with one attached hydrogen (secondary N) is 1. The Balaban J connectivity index is 1.72. The van der Waals surface area contributed by atoms with Crippen LogP contribution in [0.25, 0.3) is 17.3 Å². The van der Waals surface area contributed by atoms with Gasteiger partial charge in [-0.15, -0.1) is 11.3 Å². The molecule has 8 nitrogen and oxygen atoms in total. The van der Waals surface area contributed by atoms with Crippen molar-refractivity contribution in [3.05, 3.63) is 68.6 Å². The Morgan fingerprint density at radius 1 is 1.23 bits per heavy atom. The number of thiazole rings is 1. The summed E-state index contributed by atoms with van der Waals surface area (Å²) in [7, 11) is 3.12. The first kappa shape index (κ1) is 21.3. The van der Waals surface area contributed by atoms with E-state index in [1.165, 1.54) is 35.6 Å². The molecule has 154 valence electrons. The monoisotopic (exact) mass is 445 g/mol. The lowest BCUT2D eigenvalue weighted by atomic mass is 10.1. The minimum Gasteiger partial charge on any atom is -0.497 e. The number of rotatable bonds is 7. The first-order valence-corrected chi connectivity index (χ1v) is 9.78. The van der Waals surface area contributed by atoms with E-state index < -0.39 is 10.8 Å². The highest BCUT2D eigenvalue weighted by Gasteiger charge is 2.13. The molecule has 0 aliphatic heterocycles. The molecule has 0 aliphatic rings. The van der Waals surface area contributed by atoms with E-state index in [0.717, 1.165) is 5.56 Å². The summed E-state index contributed by atoms with van der Waals surface area (Å²) in [5.41, 5.74) is 1.66. The molecule has 1 heterocycles. The summed E-state index contributed by atoms with van der Waals surface area (Å²) in [5.74, 6) is 0.837. The molecule has 0 bridgehead atoms. The fourth-order valence-electron chi connectivity index (χ4n) is 2.56. The standard InChI is InChI=1S/C20H16ClN3O5S/c1-28-13-5-6-14(18(10-13)29-2)16-11-30-20(22-16)23-19(25)8-4-12-3-7-15(21)17(9-12)24(26)27/h3-11H,1-2H3,(H,22,23,25)/b8-4+. The van der Waals surface area contributed by atoms with Gasteiger partial charge in [0.25, 0.3) is 5.69 Å². The van der Waals surface area contributed by atoms with E-state index in [2.05, 4.69) is 10.3 Å². The number of amides is 1. The zero-order chi connectivity index (χ0) is 21.7. The lowest BCUT2D eigenvalue weighted by Crippen LogP contribution is -2.07. The Hall–Kier alpha value is -3.43. The zero-order valence-electron chi connectivity index (χ0n) is 15.9. The first-order chi connectivity index (χ1) is 14.4. The van der Waals surface area contributed by atoms with Crippen LogP contribution in [-0.4, -0.2) is 30.0 Å². The summed E-state index contributed by atoms with van der Waals surface area (Å²) >= 11 is 7.05. The van der Waals surface area contributed by atoms with E-state index in [0.29, 0.717) is 27.9 Å².